The van der Waals surface area contributed by atoms with Gasteiger partial charge in [-0.25, -0.2) is 4.98 Å². The number of anilines is 1. The van der Waals surface area contributed by atoms with Crippen LogP contribution in [0.25, 0.3) is 11.1 Å². The molecule has 4 nitrogen and oxygen atoms in total. The first kappa shape index (κ1) is 15.7. The zero-order chi connectivity index (χ0) is 15.4. The molecule has 2 aromatic rings. The van der Waals surface area contributed by atoms with Gasteiger partial charge in [0.25, 0.3) is 0 Å². The fourth-order valence-corrected chi connectivity index (χ4v) is 5.59. The quantitative estimate of drug-likeness (QED) is 0.607. The summed E-state index contributed by atoms with van der Waals surface area (Å²) < 4.78 is 5.43. The summed E-state index contributed by atoms with van der Waals surface area (Å²) in [4.78, 5) is 16.3. The number of aromatic nitrogens is 1. The molecule has 1 aliphatic heterocycles. The van der Waals surface area contributed by atoms with Gasteiger partial charge in [-0.2, -0.15) is 0 Å². The number of carbonyl (C=O) groups excluding carboxylic acids is 1. The Morgan fingerprint density at radius 2 is 2.36 bits per heavy atom. The summed E-state index contributed by atoms with van der Waals surface area (Å²) in [5.41, 5.74) is 2.32. The van der Waals surface area contributed by atoms with Crippen molar-refractivity contribution < 1.29 is 9.21 Å². The van der Waals surface area contributed by atoms with E-state index in [-0.39, 0.29) is 5.91 Å². The molecule has 0 radical (unpaired) electrons. The number of carbonyl (C=O) groups is 1. The number of hydrogen-bond donors (Lipinski definition) is 1. The van der Waals surface area contributed by atoms with E-state index in [0.717, 1.165) is 34.9 Å². The number of amides is 1. The maximum absolute atomic E-state index is 12.0. The molecule has 1 aromatic heterocycles. The second kappa shape index (κ2) is 7.42. The molecule has 0 saturated carbocycles. The molecule has 1 atom stereocenters. The standard InChI is InChI=1S/C16H20N2O2S2/c1-11-17-14-10-12(6-7-15(14)20-11)18-16(19)5-3-2-4-13-8-9-21-22-13/h6-7,10,13H,2-5,8-9H2,1H3,(H,18,19)/t13-/m0/s1. The molecule has 3 rings (SSSR count). The number of aryl methyl sites for hydroxylation is 1. The summed E-state index contributed by atoms with van der Waals surface area (Å²) >= 11 is 0. The number of hydrogen-bond acceptors (Lipinski definition) is 5. The number of nitrogens with zero attached hydrogens (tertiary/aromatic N) is 1. The summed E-state index contributed by atoms with van der Waals surface area (Å²) in [5.74, 6) is 1.99. The maximum atomic E-state index is 12.0. The van der Waals surface area contributed by atoms with Gasteiger partial charge in [0.15, 0.2) is 11.5 Å². The van der Waals surface area contributed by atoms with E-state index in [0.29, 0.717) is 12.3 Å². The third kappa shape index (κ3) is 4.20. The number of oxazole rings is 1. The maximum Gasteiger partial charge on any atom is 0.224 e. The van der Waals surface area contributed by atoms with E-state index < -0.39 is 0 Å². The highest BCUT2D eigenvalue weighted by Gasteiger charge is 2.15. The Bertz CT molecular complexity index is 651. The van der Waals surface area contributed by atoms with E-state index in [4.69, 9.17) is 4.42 Å². The Labute approximate surface area is 138 Å². The van der Waals surface area contributed by atoms with Gasteiger partial charge >= 0.3 is 0 Å². The molecule has 1 saturated heterocycles. The van der Waals surface area contributed by atoms with Gasteiger partial charge in [0, 0.05) is 30.0 Å². The lowest BCUT2D eigenvalue weighted by Crippen LogP contribution is -2.11. The monoisotopic (exact) mass is 336 g/mol. The van der Waals surface area contributed by atoms with Crippen LogP contribution in [0, 0.1) is 6.92 Å². The highest BCUT2D eigenvalue weighted by molar-refractivity contribution is 8.77. The molecule has 0 unspecified atom stereocenters. The van der Waals surface area contributed by atoms with Crippen LogP contribution in [0.3, 0.4) is 0 Å². The lowest BCUT2D eigenvalue weighted by Gasteiger charge is -2.07. The Morgan fingerprint density at radius 3 is 3.18 bits per heavy atom. The van der Waals surface area contributed by atoms with E-state index >= 15 is 0 Å². The van der Waals surface area contributed by atoms with E-state index in [1.54, 1.807) is 0 Å². The van der Waals surface area contributed by atoms with E-state index in [1.165, 1.54) is 18.6 Å². The predicted octanol–water partition coefficient (Wildman–Crippen LogP) is 4.79. The highest BCUT2D eigenvalue weighted by Crippen LogP contribution is 2.39. The normalized spacial score (nSPS) is 18.0. The number of unbranched alkanes of at least 4 members (excludes halogenated alkanes) is 1. The van der Waals surface area contributed by atoms with Crippen LogP contribution in [-0.2, 0) is 4.79 Å². The first-order chi connectivity index (χ1) is 10.7. The van der Waals surface area contributed by atoms with Crippen molar-refractivity contribution in [2.75, 3.05) is 11.1 Å². The van der Waals surface area contributed by atoms with Gasteiger partial charge in [-0.05, 0) is 37.5 Å². The van der Waals surface area contributed by atoms with Crippen LogP contribution < -0.4 is 5.32 Å². The SMILES string of the molecule is Cc1nc2cc(NC(=O)CCCC[C@H]3CCSS3)ccc2o1. The Kier molecular flexibility index (Phi) is 5.31. The smallest absolute Gasteiger partial charge is 0.224 e. The van der Waals surface area contributed by atoms with Gasteiger partial charge in [0.2, 0.25) is 5.91 Å². The van der Waals surface area contributed by atoms with Gasteiger partial charge in [-0.3, -0.25) is 4.79 Å². The van der Waals surface area contributed by atoms with Crippen molar-refractivity contribution in [3.63, 3.8) is 0 Å². The van der Waals surface area contributed by atoms with E-state index in [2.05, 4.69) is 10.3 Å². The second-order valence-electron chi connectivity index (χ2n) is 5.54. The number of nitrogens with one attached hydrogen (secondary N) is 1. The second-order valence-corrected chi connectivity index (χ2v) is 8.33. The molecule has 1 amide bonds. The first-order valence-corrected chi connectivity index (χ1v) is 10.0. The Balaban J connectivity index is 1.43. The van der Waals surface area contributed by atoms with Crippen LogP contribution in [0.15, 0.2) is 22.6 Å². The van der Waals surface area contributed by atoms with Crippen molar-refractivity contribution in [2.24, 2.45) is 0 Å². The minimum Gasteiger partial charge on any atom is -0.441 e. The zero-order valence-electron chi connectivity index (χ0n) is 12.6. The van der Waals surface area contributed by atoms with Crippen molar-refractivity contribution in [3.8, 4) is 0 Å². The van der Waals surface area contributed by atoms with Crippen LogP contribution in [0.2, 0.25) is 0 Å². The number of fused-ring (bicyclic) bond motifs is 1. The van der Waals surface area contributed by atoms with Gasteiger partial charge in [-0.15, -0.1) is 0 Å². The summed E-state index contributed by atoms with van der Waals surface area (Å²) in [6.07, 6.45) is 5.22. The molecule has 1 fully saturated rings. The van der Waals surface area contributed by atoms with Gasteiger partial charge in [0.05, 0.1) is 0 Å². The minimum atomic E-state index is 0.0769. The molecule has 1 aromatic carbocycles. The average Bonchev–Trinajstić information content (AvgIpc) is 3.11. The predicted molar refractivity (Wildman–Crippen MR) is 94.3 cm³/mol. The van der Waals surface area contributed by atoms with Crippen molar-refractivity contribution >= 4 is 44.3 Å². The molecule has 22 heavy (non-hydrogen) atoms. The lowest BCUT2D eigenvalue weighted by molar-refractivity contribution is -0.116. The van der Waals surface area contributed by atoms with Crippen molar-refractivity contribution in [1.82, 2.24) is 4.98 Å². The van der Waals surface area contributed by atoms with Crippen molar-refractivity contribution in [1.29, 1.82) is 0 Å². The topological polar surface area (TPSA) is 55.1 Å². The van der Waals surface area contributed by atoms with Crippen LogP contribution in [-0.4, -0.2) is 21.9 Å². The number of rotatable bonds is 6. The Morgan fingerprint density at radius 1 is 1.45 bits per heavy atom. The average molecular weight is 336 g/mol. The molecule has 1 N–H and O–H groups in total. The molecule has 118 valence electrons. The fraction of sp³-hybridized carbons (Fsp3) is 0.500. The highest BCUT2D eigenvalue weighted by atomic mass is 33.1. The lowest BCUT2D eigenvalue weighted by atomic mass is 10.1. The van der Waals surface area contributed by atoms with E-state index in [9.17, 15) is 4.79 Å². The Hall–Kier alpha value is -1.14. The summed E-state index contributed by atoms with van der Waals surface area (Å²) in [5, 5.41) is 3.74. The summed E-state index contributed by atoms with van der Waals surface area (Å²) in [6.45, 7) is 1.82. The molecule has 6 heteroatoms. The fourth-order valence-electron chi connectivity index (χ4n) is 2.57. The minimum absolute atomic E-state index is 0.0769. The van der Waals surface area contributed by atoms with Crippen LogP contribution in [0.1, 0.15) is 38.0 Å². The van der Waals surface area contributed by atoms with Gasteiger partial charge < -0.3 is 9.73 Å². The van der Waals surface area contributed by atoms with Crippen molar-refractivity contribution in [3.05, 3.63) is 24.1 Å². The summed E-state index contributed by atoms with van der Waals surface area (Å²) in [7, 11) is 3.98. The van der Waals surface area contributed by atoms with E-state index in [1.807, 2.05) is 46.7 Å². The molecule has 2 heterocycles. The van der Waals surface area contributed by atoms with Crippen LogP contribution >= 0.6 is 21.6 Å². The van der Waals surface area contributed by atoms with Gasteiger partial charge in [-0.1, -0.05) is 28.0 Å². The molecular formula is C16H20N2O2S2. The molecule has 1 aliphatic rings. The number of benzene rings is 1. The molecular weight excluding hydrogens is 316 g/mol. The largest absolute Gasteiger partial charge is 0.441 e. The first-order valence-electron chi connectivity index (χ1n) is 7.66. The third-order valence-corrected chi connectivity index (χ3v) is 6.69. The summed E-state index contributed by atoms with van der Waals surface area (Å²) in [6, 6.07) is 5.56. The van der Waals surface area contributed by atoms with Gasteiger partial charge in [0.1, 0.15) is 5.52 Å². The molecule has 0 spiro atoms. The molecule has 0 bridgehead atoms. The van der Waals surface area contributed by atoms with Crippen molar-refractivity contribution in [2.45, 2.75) is 44.3 Å². The van der Waals surface area contributed by atoms with Crippen LogP contribution in [0.5, 0.6) is 0 Å². The third-order valence-electron chi connectivity index (χ3n) is 3.69. The van der Waals surface area contributed by atoms with Crippen LogP contribution in [0.4, 0.5) is 5.69 Å². The zero-order valence-corrected chi connectivity index (χ0v) is 14.3. The molecule has 0 aliphatic carbocycles.